The van der Waals surface area contributed by atoms with Gasteiger partial charge in [0.25, 0.3) is 0 Å². The molecular formula is C19H19N3O2. The zero-order valence-electron chi connectivity index (χ0n) is 13.2. The van der Waals surface area contributed by atoms with Crippen molar-refractivity contribution in [3.63, 3.8) is 0 Å². The van der Waals surface area contributed by atoms with Crippen molar-refractivity contribution in [3.05, 3.63) is 65.9 Å². The van der Waals surface area contributed by atoms with Crippen molar-refractivity contribution >= 4 is 28.4 Å². The van der Waals surface area contributed by atoms with E-state index in [9.17, 15) is 9.59 Å². The molecule has 0 radical (unpaired) electrons. The Labute approximate surface area is 139 Å². The number of aromatic nitrogens is 1. The normalized spacial score (nSPS) is 10.7. The molecule has 2 aromatic carbocycles. The first kappa shape index (κ1) is 15.8. The van der Waals surface area contributed by atoms with Crippen LogP contribution in [0.2, 0.25) is 0 Å². The van der Waals surface area contributed by atoms with Crippen LogP contribution >= 0.6 is 0 Å². The summed E-state index contributed by atoms with van der Waals surface area (Å²) in [6, 6.07) is 14.7. The van der Waals surface area contributed by atoms with Crippen LogP contribution < -0.4 is 11.1 Å². The highest BCUT2D eigenvalue weighted by atomic mass is 16.1. The molecule has 3 aromatic rings. The van der Waals surface area contributed by atoms with Crippen molar-refractivity contribution in [2.75, 3.05) is 5.32 Å². The molecule has 0 saturated carbocycles. The summed E-state index contributed by atoms with van der Waals surface area (Å²) in [4.78, 5) is 26.3. The van der Waals surface area contributed by atoms with Gasteiger partial charge in [-0.25, -0.2) is 0 Å². The number of hydrogen-bond donors (Lipinski definition) is 3. The molecule has 0 spiro atoms. The molecule has 122 valence electrons. The van der Waals surface area contributed by atoms with Gasteiger partial charge in [0, 0.05) is 34.8 Å². The molecule has 0 aliphatic carbocycles. The summed E-state index contributed by atoms with van der Waals surface area (Å²) in [5.74, 6) is -0.520. The predicted octanol–water partition coefficient (Wildman–Crippen LogP) is 3.23. The van der Waals surface area contributed by atoms with Gasteiger partial charge in [0.15, 0.2) is 0 Å². The molecule has 0 aliphatic heterocycles. The number of nitrogens with one attached hydrogen (secondary N) is 2. The highest BCUT2D eigenvalue weighted by molar-refractivity contribution is 5.94. The first-order chi connectivity index (χ1) is 11.6. The van der Waals surface area contributed by atoms with Crippen molar-refractivity contribution in [1.29, 1.82) is 0 Å². The Morgan fingerprint density at radius 1 is 1.04 bits per heavy atom. The van der Waals surface area contributed by atoms with Gasteiger partial charge in [-0.05, 0) is 48.7 Å². The third-order valence-electron chi connectivity index (χ3n) is 3.98. The molecule has 0 fully saturated rings. The number of aromatic amines is 1. The fraction of sp³-hybridized carbons (Fsp3) is 0.158. The molecule has 24 heavy (non-hydrogen) atoms. The number of para-hydroxylation sites is 1. The van der Waals surface area contributed by atoms with Gasteiger partial charge in [-0.3, -0.25) is 9.59 Å². The zero-order valence-corrected chi connectivity index (χ0v) is 13.2. The molecule has 0 unspecified atom stereocenters. The van der Waals surface area contributed by atoms with Crippen LogP contribution in [-0.4, -0.2) is 16.8 Å². The van der Waals surface area contributed by atoms with E-state index in [0.717, 1.165) is 18.4 Å². The number of carbonyl (C=O) groups excluding carboxylic acids is 2. The van der Waals surface area contributed by atoms with Gasteiger partial charge >= 0.3 is 0 Å². The lowest BCUT2D eigenvalue weighted by Crippen LogP contribution is -2.13. The molecule has 0 bridgehead atoms. The number of carbonyl (C=O) groups is 2. The van der Waals surface area contributed by atoms with Crippen LogP contribution in [0.3, 0.4) is 0 Å². The maximum Gasteiger partial charge on any atom is 0.248 e. The molecule has 5 heteroatoms. The van der Waals surface area contributed by atoms with Gasteiger partial charge in [-0.1, -0.05) is 18.2 Å². The van der Waals surface area contributed by atoms with Crippen LogP contribution in [0, 0.1) is 0 Å². The maximum absolute atomic E-state index is 12.0. The number of amides is 2. The van der Waals surface area contributed by atoms with Crippen molar-refractivity contribution in [2.24, 2.45) is 5.73 Å². The lowest BCUT2D eigenvalue weighted by molar-refractivity contribution is -0.116. The number of primary amides is 1. The largest absolute Gasteiger partial charge is 0.366 e. The quantitative estimate of drug-likeness (QED) is 0.651. The standard InChI is InChI=1S/C19H19N3O2/c20-19(24)13-8-10-15(11-9-13)22-18(23)7-3-4-14-12-21-17-6-2-1-5-16(14)17/h1-2,5-6,8-12,21H,3-4,7H2,(H2,20,24)(H,22,23). The van der Waals surface area contributed by atoms with Gasteiger partial charge in [0.2, 0.25) is 11.8 Å². The van der Waals surface area contributed by atoms with Crippen LogP contribution in [0.1, 0.15) is 28.8 Å². The second-order valence-corrected chi connectivity index (χ2v) is 5.70. The monoisotopic (exact) mass is 321 g/mol. The lowest BCUT2D eigenvalue weighted by atomic mass is 10.1. The Morgan fingerprint density at radius 2 is 1.79 bits per heavy atom. The van der Waals surface area contributed by atoms with Gasteiger partial charge in [-0.2, -0.15) is 0 Å². The maximum atomic E-state index is 12.0. The summed E-state index contributed by atoms with van der Waals surface area (Å²) < 4.78 is 0. The highest BCUT2D eigenvalue weighted by Crippen LogP contribution is 2.19. The number of fused-ring (bicyclic) bond motifs is 1. The summed E-state index contributed by atoms with van der Waals surface area (Å²) in [7, 11) is 0. The van der Waals surface area contributed by atoms with E-state index in [2.05, 4.69) is 16.4 Å². The van der Waals surface area contributed by atoms with Crippen LogP contribution in [0.5, 0.6) is 0 Å². The van der Waals surface area contributed by atoms with E-state index < -0.39 is 5.91 Å². The van der Waals surface area contributed by atoms with E-state index in [0.29, 0.717) is 17.7 Å². The molecule has 0 saturated heterocycles. The molecule has 3 rings (SSSR count). The average molecular weight is 321 g/mol. The molecule has 0 aliphatic rings. The number of benzene rings is 2. The van der Waals surface area contributed by atoms with E-state index in [1.807, 2.05) is 24.4 Å². The van der Waals surface area contributed by atoms with Crippen molar-refractivity contribution < 1.29 is 9.59 Å². The minimum absolute atomic E-state index is 0.0401. The summed E-state index contributed by atoms with van der Waals surface area (Å²) >= 11 is 0. The predicted molar refractivity (Wildman–Crippen MR) is 94.8 cm³/mol. The van der Waals surface area contributed by atoms with E-state index >= 15 is 0 Å². The van der Waals surface area contributed by atoms with Gasteiger partial charge in [-0.15, -0.1) is 0 Å². The summed E-state index contributed by atoms with van der Waals surface area (Å²) in [6.45, 7) is 0. The van der Waals surface area contributed by atoms with Crippen LogP contribution in [0.15, 0.2) is 54.7 Å². The topological polar surface area (TPSA) is 88.0 Å². The minimum atomic E-state index is -0.480. The Bertz CT molecular complexity index is 866. The lowest BCUT2D eigenvalue weighted by Gasteiger charge is -2.05. The first-order valence-corrected chi connectivity index (χ1v) is 7.88. The van der Waals surface area contributed by atoms with Crippen molar-refractivity contribution in [3.8, 4) is 0 Å². The molecule has 4 N–H and O–H groups in total. The van der Waals surface area contributed by atoms with Crippen molar-refractivity contribution in [1.82, 2.24) is 4.98 Å². The number of nitrogens with two attached hydrogens (primary N) is 1. The van der Waals surface area contributed by atoms with Gasteiger partial charge in [0.1, 0.15) is 0 Å². The van der Waals surface area contributed by atoms with Gasteiger partial charge in [0.05, 0.1) is 0 Å². The highest BCUT2D eigenvalue weighted by Gasteiger charge is 2.06. The SMILES string of the molecule is NC(=O)c1ccc(NC(=O)CCCc2c[nH]c3ccccc23)cc1. The smallest absolute Gasteiger partial charge is 0.248 e. The fourth-order valence-corrected chi connectivity index (χ4v) is 2.72. The zero-order chi connectivity index (χ0) is 16.9. The van der Waals surface area contributed by atoms with Crippen LogP contribution in [0.25, 0.3) is 10.9 Å². The number of hydrogen-bond acceptors (Lipinski definition) is 2. The first-order valence-electron chi connectivity index (χ1n) is 7.88. The third kappa shape index (κ3) is 3.63. The number of aryl methyl sites for hydroxylation is 1. The number of anilines is 1. The number of rotatable bonds is 6. The summed E-state index contributed by atoms with van der Waals surface area (Å²) in [5.41, 5.74) is 8.62. The fourth-order valence-electron chi connectivity index (χ4n) is 2.72. The Hall–Kier alpha value is -3.08. The Balaban J connectivity index is 1.51. The van der Waals surface area contributed by atoms with E-state index in [1.165, 1.54) is 10.9 Å². The average Bonchev–Trinajstić information content (AvgIpc) is 2.99. The van der Waals surface area contributed by atoms with Crippen LogP contribution in [0.4, 0.5) is 5.69 Å². The molecule has 1 heterocycles. The number of H-pyrrole nitrogens is 1. The second-order valence-electron chi connectivity index (χ2n) is 5.70. The van der Waals surface area contributed by atoms with Crippen LogP contribution in [-0.2, 0) is 11.2 Å². The Kier molecular flexibility index (Phi) is 4.61. The Morgan fingerprint density at radius 3 is 2.54 bits per heavy atom. The third-order valence-corrected chi connectivity index (χ3v) is 3.98. The molecule has 0 atom stereocenters. The summed E-state index contributed by atoms with van der Waals surface area (Å²) in [5, 5.41) is 4.03. The van der Waals surface area contributed by atoms with E-state index in [1.54, 1.807) is 24.3 Å². The molecule has 2 amide bonds. The minimum Gasteiger partial charge on any atom is -0.366 e. The molecule has 5 nitrogen and oxygen atoms in total. The van der Waals surface area contributed by atoms with E-state index in [-0.39, 0.29) is 5.91 Å². The van der Waals surface area contributed by atoms with Crippen molar-refractivity contribution in [2.45, 2.75) is 19.3 Å². The van der Waals surface area contributed by atoms with E-state index in [4.69, 9.17) is 5.73 Å². The summed E-state index contributed by atoms with van der Waals surface area (Å²) in [6.07, 6.45) is 4.06. The molecule has 1 aromatic heterocycles. The second kappa shape index (κ2) is 7.00. The molecular weight excluding hydrogens is 302 g/mol. The van der Waals surface area contributed by atoms with Gasteiger partial charge < -0.3 is 16.0 Å².